The van der Waals surface area contributed by atoms with Gasteiger partial charge in [0, 0.05) is 38.3 Å². The summed E-state index contributed by atoms with van der Waals surface area (Å²) < 4.78 is 11.9. The molecule has 30 heavy (non-hydrogen) atoms. The Hall–Kier alpha value is -3.34. The fourth-order valence-electron chi connectivity index (χ4n) is 3.56. The third-order valence-corrected chi connectivity index (χ3v) is 5.25. The average Bonchev–Trinajstić information content (AvgIpc) is 2.80. The maximum atomic E-state index is 12.5. The van der Waals surface area contributed by atoms with Crippen LogP contribution in [0.15, 0.2) is 79.1 Å². The lowest BCUT2D eigenvalue weighted by atomic mass is 10.1. The van der Waals surface area contributed by atoms with Crippen LogP contribution in [-0.4, -0.2) is 35.0 Å². The van der Waals surface area contributed by atoms with Crippen LogP contribution < -0.4 is 9.47 Å². The number of aromatic nitrogens is 1. The summed E-state index contributed by atoms with van der Waals surface area (Å²) in [7, 11) is 0. The second-order valence-corrected chi connectivity index (χ2v) is 7.48. The zero-order valence-electron chi connectivity index (χ0n) is 16.9. The van der Waals surface area contributed by atoms with E-state index in [2.05, 4.69) is 4.98 Å². The molecule has 0 spiro atoms. The number of hydrogen-bond acceptors (Lipinski definition) is 4. The predicted octanol–water partition coefficient (Wildman–Crippen LogP) is 4.27. The maximum Gasteiger partial charge on any atom is 0.227 e. The molecule has 5 heteroatoms. The Morgan fingerprint density at radius 2 is 1.60 bits per heavy atom. The summed E-state index contributed by atoms with van der Waals surface area (Å²) in [5.41, 5.74) is 2.10. The molecule has 0 unspecified atom stereocenters. The number of hydrogen-bond donors (Lipinski definition) is 0. The minimum atomic E-state index is 0.128. The number of likely N-dealkylation sites (tertiary alicyclic amines) is 1. The van der Waals surface area contributed by atoms with E-state index in [4.69, 9.17) is 9.47 Å². The third-order valence-electron chi connectivity index (χ3n) is 5.25. The number of pyridine rings is 1. The number of rotatable bonds is 7. The monoisotopic (exact) mass is 402 g/mol. The van der Waals surface area contributed by atoms with Crippen molar-refractivity contribution in [2.45, 2.75) is 32.0 Å². The molecule has 1 saturated heterocycles. The first kappa shape index (κ1) is 20.0. The van der Waals surface area contributed by atoms with Crippen molar-refractivity contribution < 1.29 is 14.3 Å². The Kier molecular flexibility index (Phi) is 6.60. The van der Waals surface area contributed by atoms with Crippen LogP contribution in [0.3, 0.4) is 0 Å². The van der Waals surface area contributed by atoms with Gasteiger partial charge in [0.2, 0.25) is 5.91 Å². The first-order valence-electron chi connectivity index (χ1n) is 10.4. The Labute approximate surface area is 177 Å². The van der Waals surface area contributed by atoms with Crippen LogP contribution in [0.4, 0.5) is 0 Å². The topological polar surface area (TPSA) is 51.7 Å². The van der Waals surface area contributed by atoms with Gasteiger partial charge in [0.25, 0.3) is 0 Å². The molecule has 0 aliphatic carbocycles. The number of carbonyl (C=O) groups is 1. The Bertz CT molecular complexity index is 922. The molecular formula is C25H26N2O3. The van der Waals surface area contributed by atoms with E-state index in [1.165, 1.54) is 0 Å². The Morgan fingerprint density at radius 3 is 2.30 bits per heavy atom. The summed E-state index contributed by atoms with van der Waals surface area (Å²) >= 11 is 0. The van der Waals surface area contributed by atoms with E-state index in [1.54, 1.807) is 12.4 Å². The molecule has 1 aliphatic heterocycles. The maximum absolute atomic E-state index is 12.5. The van der Waals surface area contributed by atoms with E-state index >= 15 is 0 Å². The minimum absolute atomic E-state index is 0.128. The molecule has 4 rings (SSSR count). The second-order valence-electron chi connectivity index (χ2n) is 7.48. The molecule has 2 aromatic carbocycles. The second kappa shape index (κ2) is 9.92. The van der Waals surface area contributed by atoms with Gasteiger partial charge in [-0.25, -0.2) is 0 Å². The number of ether oxygens (including phenoxy) is 2. The van der Waals surface area contributed by atoms with Gasteiger partial charge in [-0.2, -0.15) is 0 Å². The van der Waals surface area contributed by atoms with E-state index in [-0.39, 0.29) is 12.0 Å². The molecule has 0 atom stereocenters. The number of piperidine rings is 1. The third kappa shape index (κ3) is 5.60. The lowest BCUT2D eigenvalue weighted by molar-refractivity contribution is -0.132. The van der Waals surface area contributed by atoms with Gasteiger partial charge in [0.05, 0.1) is 6.42 Å². The van der Waals surface area contributed by atoms with Crippen LogP contribution in [0.2, 0.25) is 0 Å². The first-order chi connectivity index (χ1) is 14.8. The van der Waals surface area contributed by atoms with Crippen LogP contribution in [-0.2, 0) is 17.8 Å². The minimum Gasteiger partial charge on any atom is -0.490 e. The average molecular weight is 402 g/mol. The molecule has 1 fully saturated rings. The highest BCUT2D eigenvalue weighted by molar-refractivity contribution is 5.78. The smallest absolute Gasteiger partial charge is 0.227 e. The molecule has 0 N–H and O–H groups in total. The Morgan fingerprint density at radius 1 is 0.900 bits per heavy atom. The summed E-state index contributed by atoms with van der Waals surface area (Å²) in [6.07, 6.45) is 5.68. The summed E-state index contributed by atoms with van der Waals surface area (Å²) in [5, 5.41) is 0. The standard InChI is InChI=1S/C25H26N2O3/c28-25(17-21-7-4-14-26-18-21)27-15-12-24(13-16-27)30-23-10-8-22(9-11-23)29-19-20-5-2-1-3-6-20/h1-11,14,18,24H,12-13,15-17,19H2. The first-order valence-corrected chi connectivity index (χ1v) is 10.4. The fraction of sp³-hybridized carbons (Fsp3) is 0.280. The van der Waals surface area contributed by atoms with Gasteiger partial charge in [-0.15, -0.1) is 0 Å². The van der Waals surface area contributed by atoms with E-state index in [0.717, 1.165) is 48.6 Å². The van der Waals surface area contributed by atoms with Crippen molar-refractivity contribution in [3.05, 3.63) is 90.3 Å². The van der Waals surface area contributed by atoms with Crippen molar-refractivity contribution in [1.29, 1.82) is 0 Å². The number of carbonyl (C=O) groups excluding carboxylic acids is 1. The van der Waals surface area contributed by atoms with E-state index in [9.17, 15) is 4.79 Å². The Balaban J connectivity index is 1.21. The molecular weight excluding hydrogens is 376 g/mol. The molecule has 1 aromatic heterocycles. The molecule has 0 bridgehead atoms. The van der Waals surface area contributed by atoms with Gasteiger partial charge in [-0.1, -0.05) is 36.4 Å². The molecule has 0 radical (unpaired) electrons. The van der Waals surface area contributed by atoms with E-state index in [0.29, 0.717) is 13.0 Å². The molecule has 3 aromatic rings. The van der Waals surface area contributed by atoms with Crippen LogP contribution in [0.25, 0.3) is 0 Å². The summed E-state index contributed by atoms with van der Waals surface area (Å²) in [6.45, 7) is 2.00. The van der Waals surface area contributed by atoms with Crippen molar-refractivity contribution in [3.63, 3.8) is 0 Å². The summed E-state index contributed by atoms with van der Waals surface area (Å²) in [5.74, 6) is 1.81. The van der Waals surface area contributed by atoms with E-state index < -0.39 is 0 Å². The molecule has 1 amide bonds. The van der Waals surface area contributed by atoms with Crippen molar-refractivity contribution in [1.82, 2.24) is 9.88 Å². The number of nitrogens with zero attached hydrogens (tertiary/aromatic N) is 2. The van der Waals surface area contributed by atoms with Crippen molar-refractivity contribution >= 4 is 5.91 Å². The zero-order valence-corrected chi connectivity index (χ0v) is 16.9. The molecule has 5 nitrogen and oxygen atoms in total. The lowest BCUT2D eigenvalue weighted by Gasteiger charge is -2.32. The predicted molar refractivity (Wildman–Crippen MR) is 115 cm³/mol. The van der Waals surface area contributed by atoms with Crippen LogP contribution in [0, 0.1) is 0 Å². The molecule has 2 heterocycles. The summed E-state index contributed by atoms with van der Waals surface area (Å²) in [4.78, 5) is 18.5. The van der Waals surface area contributed by atoms with Gasteiger partial charge in [0.15, 0.2) is 0 Å². The normalized spacial score (nSPS) is 14.3. The fourth-order valence-corrected chi connectivity index (χ4v) is 3.56. The van der Waals surface area contributed by atoms with Gasteiger partial charge >= 0.3 is 0 Å². The number of benzene rings is 2. The SMILES string of the molecule is O=C(Cc1cccnc1)N1CCC(Oc2ccc(OCc3ccccc3)cc2)CC1. The number of amides is 1. The molecule has 154 valence electrons. The van der Waals surface area contributed by atoms with Gasteiger partial charge in [-0.05, 0) is 41.5 Å². The zero-order chi connectivity index (χ0) is 20.6. The van der Waals surface area contributed by atoms with E-state index in [1.807, 2.05) is 71.6 Å². The highest BCUT2D eigenvalue weighted by Crippen LogP contribution is 2.23. The van der Waals surface area contributed by atoms with Gasteiger partial charge in [0.1, 0.15) is 24.2 Å². The molecule has 1 aliphatic rings. The highest BCUT2D eigenvalue weighted by Gasteiger charge is 2.24. The largest absolute Gasteiger partial charge is 0.490 e. The van der Waals surface area contributed by atoms with Crippen LogP contribution >= 0.6 is 0 Å². The highest BCUT2D eigenvalue weighted by atomic mass is 16.5. The van der Waals surface area contributed by atoms with Crippen LogP contribution in [0.5, 0.6) is 11.5 Å². The van der Waals surface area contributed by atoms with Crippen molar-refractivity contribution in [2.75, 3.05) is 13.1 Å². The van der Waals surface area contributed by atoms with Crippen molar-refractivity contribution in [3.8, 4) is 11.5 Å². The van der Waals surface area contributed by atoms with Gasteiger partial charge < -0.3 is 14.4 Å². The van der Waals surface area contributed by atoms with Crippen LogP contribution in [0.1, 0.15) is 24.0 Å². The lowest BCUT2D eigenvalue weighted by Crippen LogP contribution is -2.42. The van der Waals surface area contributed by atoms with Gasteiger partial charge in [-0.3, -0.25) is 9.78 Å². The van der Waals surface area contributed by atoms with Crippen molar-refractivity contribution in [2.24, 2.45) is 0 Å². The molecule has 0 saturated carbocycles. The summed E-state index contributed by atoms with van der Waals surface area (Å²) in [6, 6.07) is 21.7. The quantitative estimate of drug-likeness (QED) is 0.592.